The monoisotopic (exact) mass is 236 g/mol. The van der Waals surface area contributed by atoms with Gasteiger partial charge in [-0.05, 0) is 18.1 Å². The number of nitro groups is 1. The molecule has 0 saturated carbocycles. The fourth-order valence-corrected chi connectivity index (χ4v) is 1.93. The summed E-state index contributed by atoms with van der Waals surface area (Å²) in [6, 6.07) is 4.61. The summed E-state index contributed by atoms with van der Waals surface area (Å²) in [4.78, 5) is 21.5. The van der Waals surface area contributed by atoms with Gasteiger partial charge in [-0.25, -0.2) is 0 Å². The molecule has 1 aliphatic heterocycles. The zero-order valence-corrected chi connectivity index (χ0v) is 9.30. The fourth-order valence-electron chi connectivity index (χ4n) is 1.93. The van der Waals surface area contributed by atoms with Crippen molar-refractivity contribution in [1.29, 1.82) is 0 Å². The fraction of sp³-hybridized carbons (Fsp3) is 0.364. The Hall–Kier alpha value is -2.11. The molecule has 1 saturated heterocycles. The first-order valence-electron chi connectivity index (χ1n) is 5.23. The number of carbonyl (C=O) groups excluding carboxylic acids is 1. The topological polar surface area (TPSA) is 81.5 Å². The molecule has 2 rings (SSSR count). The molecular formula is C11H12N2O4. The van der Waals surface area contributed by atoms with E-state index in [2.05, 4.69) is 5.32 Å². The van der Waals surface area contributed by atoms with Crippen LogP contribution in [0.5, 0.6) is 5.75 Å². The molecule has 0 bridgehead atoms. The number of hydrogen-bond acceptors (Lipinski definition) is 4. The predicted octanol–water partition coefficient (Wildman–Crippen LogP) is 1.55. The lowest BCUT2D eigenvalue weighted by Crippen LogP contribution is -2.18. The first-order chi connectivity index (χ1) is 8.11. The molecule has 0 aliphatic carbocycles. The van der Waals surface area contributed by atoms with E-state index in [1.54, 1.807) is 12.1 Å². The minimum atomic E-state index is -0.487. The zero-order chi connectivity index (χ0) is 12.4. The highest BCUT2D eigenvalue weighted by atomic mass is 16.6. The normalized spacial score (nSPS) is 18.9. The van der Waals surface area contributed by atoms with Crippen LogP contribution in [0.4, 0.5) is 5.69 Å². The molecule has 1 aromatic rings. The summed E-state index contributed by atoms with van der Waals surface area (Å²) in [5.74, 6) is 0.205. The van der Waals surface area contributed by atoms with E-state index < -0.39 is 4.92 Å². The van der Waals surface area contributed by atoms with Crippen molar-refractivity contribution in [3.05, 3.63) is 33.9 Å². The first kappa shape index (κ1) is 11.4. The minimum Gasteiger partial charge on any atom is -0.490 e. The van der Waals surface area contributed by atoms with Crippen LogP contribution in [0.2, 0.25) is 0 Å². The number of carbonyl (C=O) groups is 1. The van der Waals surface area contributed by atoms with Gasteiger partial charge in [-0.1, -0.05) is 6.07 Å². The van der Waals surface area contributed by atoms with Crippen LogP contribution in [-0.2, 0) is 4.79 Å². The molecule has 0 spiro atoms. The van der Waals surface area contributed by atoms with Gasteiger partial charge in [0.25, 0.3) is 0 Å². The summed E-state index contributed by atoms with van der Waals surface area (Å²) in [5, 5.41) is 13.6. The molecular weight excluding hydrogens is 224 g/mol. The van der Waals surface area contributed by atoms with E-state index in [1.165, 1.54) is 13.2 Å². The summed E-state index contributed by atoms with van der Waals surface area (Å²) in [6.07, 6.45) is 1.13. The van der Waals surface area contributed by atoms with Gasteiger partial charge < -0.3 is 10.1 Å². The maximum absolute atomic E-state index is 11.1. The summed E-state index contributed by atoms with van der Waals surface area (Å²) in [7, 11) is 1.39. The maximum atomic E-state index is 11.1. The third-order valence-corrected chi connectivity index (χ3v) is 2.80. The first-order valence-corrected chi connectivity index (χ1v) is 5.23. The largest absolute Gasteiger partial charge is 0.490 e. The van der Waals surface area contributed by atoms with Crippen LogP contribution in [0, 0.1) is 10.1 Å². The van der Waals surface area contributed by atoms with Crippen molar-refractivity contribution in [2.24, 2.45) is 0 Å². The Morgan fingerprint density at radius 1 is 1.53 bits per heavy atom. The lowest BCUT2D eigenvalue weighted by molar-refractivity contribution is -0.385. The number of ether oxygens (including phenoxy) is 1. The van der Waals surface area contributed by atoms with Crippen LogP contribution in [0.1, 0.15) is 24.4 Å². The van der Waals surface area contributed by atoms with Crippen LogP contribution in [-0.4, -0.2) is 17.9 Å². The van der Waals surface area contributed by atoms with Gasteiger partial charge in [-0.2, -0.15) is 0 Å². The Labute approximate surface area is 97.7 Å². The standard InChI is InChI=1S/C11H12N2O4/c1-17-10-4-2-7(6-9(10)13(15)16)8-3-5-11(14)12-8/h2,4,6,8H,3,5H2,1H3,(H,12,14). The summed E-state index contributed by atoms with van der Waals surface area (Å²) < 4.78 is 4.92. The van der Waals surface area contributed by atoms with Gasteiger partial charge in [-0.15, -0.1) is 0 Å². The highest BCUT2D eigenvalue weighted by Gasteiger charge is 2.25. The van der Waals surface area contributed by atoms with E-state index in [4.69, 9.17) is 4.74 Å². The predicted molar refractivity (Wildman–Crippen MR) is 59.8 cm³/mol. The Morgan fingerprint density at radius 2 is 2.29 bits per heavy atom. The molecule has 1 unspecified atom stereocenters. The second-order valence-electron chi connectivity index (χ2n) is 3.85. The third kappa shape index (κ3) is 2.20. The van der Waals surface area contributed by atoms with E-state index in [1.807, 2.05) is 0 Å². The van der Waals surface area contributed by atoms with Gasteiger partial charge >= 0.3 is 5.69 Å². The lowest BCUT2D eigenvalue weighted by atomic mass is 10.0. The van der Waals surface area contributed by atoms with Crippen molar-refractivity contribution in [2.75, 3.05) is 7.11 Å². The second kappa shape index (κ2) is 4.40. The number of rotatable bonds is 3. The highest BCUT2D eigenvalue weighted by Crippen LogP contribution is 2.32. The summed E-state index contributed by atoms with van der Waals surface area (Å²) >= 11 is 0. The molecule has 1 atom stereocenters. The summed E-state index contributed by atoms with van der Waals surface area (Å²) in [5.41, 5.74) is 0.662. The van der Waals surface area contributed by atoms with Crippen molar-refractivity contribution >= 4 is 11.6 Å². The molecule has 1 amide bonds. The molecule has 6 nitrogen and oxygen atoms in total. The quantitative estimate of drug-likeness (QED) is 0.637. The number of methoxy groups -OCH3 is 1. The number of amides is 1. The lowest BCUT2D eigenvalue weighted by Gasteiger charge is -2.11. The van der Waals surface area contributed by atoms with Crippen molar-refractivity contribution < 1.29 is 14.5 Å². The molecule has 1 heterocycles. The van der Waals surface area contributed by atoms with Gasteiger partial charge in [0.05, 0.1) is 18.1 Å². The van der Waals surface area contributed by atoms with Crippen LogP contribution in [0.3, 0.4) is 0 Å². The van der Waals surface area contributed by atoms with Gasteiger partial charge in [0.15, 0.2) is 5.75 Å². The number of nitro benzene ring substituents is 1. The average Bonchev–Trinajstić information content (AvgIpc) is 2.75. The van der Waals surface area contributed by atoms with E-state index in [-0.39, 0.29) is 23.4 Å². The smallest absolute Gasteiger partial charge is 0.311 e. The van der Waals surface area contributed by atoms with Crippen LogP contribution < -0.4 is 10.1 Å². The molecule has 17 heavy (non-hydrogen) atoms. The average molecular weight is 236 g/mol. The summed E-state index contributed by atoms with van der Waals surface area (Å²) in [6.45, 7) is 0. The van der Waals surface area contributed by atoms with Gasteiger partial charge in [0, 0.05) is 12.5 Å². The highest BCUT2D eigenvalue weighted by molar-refractivity contribution is 5.78. The zero-order valence-electron chi connectivity index (χ0n) is 9.30. The van der Waals surface area contributed by atoms with Crippen LogP contribution in [0.15, 0.2) is 18.2 Å². The van der Waals surface area contributed by atoms with Gasteiger partial charge in [0.1, 0.15) is 0 Å². The van der Waals surface area contributed by atoms with Crippen molar-refractivity contribution in [2.45, 2.75) is 18.9 Å². The van der Waals surface area contributed by atoms with Gasteiger partial charge in [-0.3, -0.25) is 14.9 Å². The molecule has 1 aliphatic rings. The minimum absolute atomic E-state index is 0.0199. The van der Waals surface area contributed by atoms with Crippen molar-refractivity contribution in [3.8, 4) is 5.75 Å². The molecule has 0 aromatic heterocycles. The number of nitrogens with zero attached hydrogens (tertiary/aromatic N) is 1. The van der Waals surface area contributed by atoms with Gasteiger partial charge in [0.2, 0.25) is 5.91 Å². The number of nitrogens with one attached hydrogen (secondary N) is 1. The Bertz CT molecular complexity index is 473. The molecule has 1 N–H and O–H groups in total. The molecule has 6 heteroatoms. The SMILES string of the molecule is COc1ccc(C2CCC(=O)N2)cc1[N+](=O)[O-]. The van der Waals surface area contributed by atoms with E-state index >= 15 is 0 Å². The van der Waals surface area contributed by atoms with Crippen LogP contribution in [0.25, 0.3) is 0 Å². The van der Waals surface area contributed by atoms with E-state index in [0.717, 1.165) is 5.56 Å². The molecule has 0 radical (unpaired) electrons. The molecule has 1 aromatic carbocycles. The Kier molecular flexibility index (Phi) is 2.95. The maximum Gasteiger partial charge on any atom is 0.311 e. The van der Waals surface area contributed by atoms with Crippen LogP contribution >= 0.6 is 0 Å². The van der Waals surface area contributed by atoms with E-state index in [9.17, 15) is 14.9 Å². The Morgan fingerprint density at radius 3 is 2.82 bits per heavy atom. The number of benzene rings is 1. The molecule has 90 valence electrons. The van der Waals surface area contributed by atoms with Crippen molar-refractivity contribution in [3.63, 3.8) is 0 Å². The Balaban J connectivity index is 2.33. The van der Waals surface area contributed by atoms with E-state index in [0.29, 0.717) is 12.8 Å². The third-order valence-electron chi connectivity index (χ3n) is 2.80. The van der Waals surface area contributed by atoms with Crippen molar-refractivity contribution in [1.82, 2.24) is 5.32 Å². The number of hydrogen-bond donors (Lipinski definition) is 1. The molecule has 1 fully saturated rings. The second-order valence-corrected chi connectivity index (χ2v) is 3.85.